The van der Waals surface area contributed by atoms with Crippen molar-refractivity contribution in [2.75, 3.05) is 5.75 Å². The van der Waals surface area contributed by atoms with Crippen LogP contribution in [0.5, 0.6) is 0 Å². The van der Waals surface area contributed by atoms with Gasteiger partial charge >= 0.3 is 0 Å². The van der Waals surface area contributed by atoms with E-state index < -0.39 is 28.0 Å². The van der Waals surface area contributed by atoms with E-state index in [-0.39, 0.29) is 12.3 Å². The van der Waals surface area contributed by atoms with Crippen LogP contribution in [0.15, 0.2) is 36.5 Å². The molecular weight excluding hydrogens is 631 g/mol. The molecule has 0 aliphatic heterocycles. The predicted octanol–water partition coefficient (Wildman–Crippen LogP) is 12.1. The predicted molar refractivity (Wildman–Crippen MR) is 212 cm³/mol. The summed E-state index contributed by atoms with van der Waals surface area (Å²) in [6.45, 7) is 4.45. The zero-order valence-electron chi connectivity index (χ0n) is 32.1. The number of hydrogen-bond donors (Lipinski definition) is 3. The molecule has 0 radical (unpaired) electrons. The summed E-state index contributed by atoms with van der Waals surface area (Å²) in [5.74, 6) is -1.00. The number of amides is 1. The Morgan fingerprint density at radius 1 is 0.531 bits per heavy atom. The molecule has 0 bridgehead atoms. The minimum atomic E-state index is -4.35. The number of carbonyl (C=O) groups excluding carboxylic acids is 1. The Morgan fingerprint density at radius 2 is 0.878 bits per heavy atom. The molecule has 6 nitrogen and oxygen atoms in total. The van der Waals surface area contributed by atoms with Gasteiger partial charge in [-0.05, 0) is 38.5 Å². The summed E-state index contributed by atoms with van der Waals surface area (Å²) in [7, 11) is -4.35. The molecule has 0 aromatic carbocycles. The summed E-state index contributed by atoms with van der Waals surface area (Å²) in [6.07, 6.45) is 47.2. The molecule has 0 aromatic rings. The fourth-order valence-electron chi connectivity index (χ4n) is 6.20. The van der Waals surface area contributed by atoms with Gasteiger partial charge in [0.15, 0.2) is 0 Å². The fourth-order valence-corrected chi connectivity index (χ4v) is 6.93. The van der Waals surface area contributed by atoms with E-state index in [4.69, 9.17) is 0 Å². The molecule has 0 heterocycles. The SMILES string of the molecule is CCC/C=C/CC/C=C/CC/C=C/C(O)C(CS(=O)(=O)O)NC(=O)CCCCCCCCCCCCCCCCCCCCCCCCC. The number of aliphatic hydroxyl groups excluding tert-OH is 1. The van der Waals surface area contributed by atoms with Gasteiger partial charge in [-0.1, -0.05) is 198 Å². The third-order valence-electron chi connectivity index (χ3n) is 9.28. The lowest BCUT2D eigenvalue weighted by atomic mass is 10.0. The first-order valence-corrected chi connectivity index (χ1v) is 22.3. The van der Waals surface area contributed by atoms with Crippen molar-refractivity contribution in [2.24, 2.45) is 0 Å². The maximum absolute atomic E-state index is 12.5. The summed E-state index contributed by atoms with van der Waals surface area (Å²) >= 11 is 0. The molecule has 0 aliphatic rings. The highest BCUT2D eigenvalue weighted by Gasteiger charge is 2.24. The summed E-state index contributed by atoms with van der Waals surface area (Å²) in [5, 5.41) is 13.1. The largest absolute Gasteiger partial charge is 0.387 e. The van der Waals surface area contributed by atoms with Gasteiger partial charge in [0.1, 0.15) is 0 Å². The molecule has 2 unspecified atom stereocenters. The number of hydrogen-bond acceptors (Lipinski definition) is 4. The zero-order chi connectivity index (χ0) is 36.1. The van der Waals surface area contributed by atoms with Gasteiger partial charge in [0.25, 0.3) is 10.1 Å². The molecule has 7 heteroatoms. The lowest BCUT2D eigenvalue weighted by Crippen LogP contribution is -2.46. The van der Waals surface area contributed by atoms with Crippen molar-refractivity contribution in [3.63, 3.8) is 0 Å². The summed E-state index contributed by atoms with van der Waals surface area (Å²) in [6, 6.07) is -1.08. The van der Waals surface area contributed by atoms with E-state index in [2.05, 4.69) is 43.5 Å². The fraction of sp³-hybridized carbons (Fsp3) is 0.833. The van der Waals surface area contributed by atoms with Crippen LogP contribution < -0.4 is 5.32 Å². The van der Waals surface area contributed by atoms with Gasteiger partial charge in [-0.15, -0.1) is 0 Å². The zero-order valence-corrected chi connectivity index (χ0v) is 32.9. The van der Waals surface area contributed by atoms with E-state index in [1.165, 1.54) is 141 Å². The molecule has 0 rings (SSSR count). The van der Waals surface area contributed by atoms with Gasteiger partial charge in [-0.3, -0.25) is 9.35 Å². The normalized spacial score (nSPS) is 13.6. The van der Waals surface area contributed by atoms with Crippen LogP contribution in [-0.2, 0) is 14.9 Å². The molecule has 288 valence electrons. The number of carbonyl (C=O) groups is 1. The van der Waals surface area contributed by atoms with E-state index in [1.807, 2.05) is 0 Å². The van der Waals surface area contributed by atoms with Gasteiger partial charge in [-0.2, -0.15) is 8.42 Å². The van der Waals surface area contributed by atoms with Crippen molar-refractivity contribution in [3.8, 4) is 0 Å². The van der Waals surface area contributed by atoms with Crippen LogP contribution in [0, 0.1) is 0 Å². The smallest absolute Gasteiger partial charge is 0.267 e. The van der Waals surface area contributed by atoms with Crippen molar-refractivity contribution < 1.29 is 22.9 Å². The highest BCUT2D eigenvalue weighted by atomic mass is 32.2. The number of allylic oxidation sites excluding steroid dienone is 5. The summed E-state index contributed by atoms with van der Waals surface area (Å²) in [5.41, 5.74) is 0. The number of rotatable bonds is 37. The van der Waals surface area contributed by atoms with Crippen LogP contribution in [0.1, 0.15) is 206 Å². The van der Waals surface area contributed by atoms with Crippen molar-refractivity contribution in [1.82, 2.24) is 5.32 Å². The highest BCUT2D eigenvalue weighted by Crippen LogP contribution is 2.16. The van der Waals surface area contributed by atoms with Crippen molar-refractivity contribution in [3.05, 3.63) is 36.5 Å². The average Bonchev–Trinajstić information content (AvgIpc) is 3.06. The molecule has 2 atom stereocenters. The summed E-state index contributed by atoms with van der Waals surface area (Å²) < 4.78 is 32.4. The van der Waals surface area contributed by atoms with Crippen LogP contribution in [0.2, 0.25) is 0 Å². The van der Waals surface area contributed by atoms with Crippen LogP contribution in [0.4, 0.5) is 0 Å². The van der Waals surface area contributed by atoms with E-state index in [0.717, 1.165) is 44.9 Å². The van der Waals surface area contributed by atoms with Crippen LogP contribution >= 0.6 is 0 Å². The Morgan fingerprint density at radius 3 is 1.24 bits per heavy atom. The first-order valence-electron chi connectivity index (χ1n) is 20.7. The molecule has 3 N–H and O–H groups in total. The third kappa shape index (κ3) is 37.6. The molecule has 0 fully saturated rings. The standard InChI is InChI=1S/C42H79NO5S/c1-3-5-7-9-11-13-15-16-17-18-19-20-21-22-23-24-25-26-28-30-32-34-36-38-42(45)43-40(39-49(46,47)48)41(44)37-35-33-31-29-27-14-12-10-8-6-4-2/h8,10,27,29,35,37,40-41,44H,3-7,9,11-26,28,30-34,36,38-39H2,1-2H3,(H,43,45)(H,46,47,48)/b10-8+,29-27+,37-35+. The molecular formula is C42H79NO5S. The first-order chi connectivity index (χ1) is 23.8. The van der Waals surface area contributed by atoms with Gasteiger partial charge in [0, 0.05) is 6.42 Å². The maximum Gasteiger partial charge on any atom is 0.267 e. The Bertz CT molecular complexity index is 914. The monoisotopic (exact) mass is 710 g/mol. The quantitative estimate of drug-likeness (QED) is 0.0338. The highest BCUT2D eigenvalue weighted by molar-refractivity contribution is 7.85. The molecule has 0 saturated heterocycles. The van der Waals surface area contributed by atoms with E-state index in [1.54, 1.807) is 6.08 Å². The lowest BCUT2D eigenvalue weighted by molar-refractivity contribution is -0.122. The number of aliphatic hydroxyl groups is 1. The Kier molecular flexibility index (Phi) is 35.3. The molecule has 0 aliphatic carbocycles. The van der Waals surface area contributed by atoms with Gasteiger partial charge in [0.2, 0.25) is 5.91 Å². The number of unbranched alkanes of at least 4 members (excludes halogenated alkanes) is 25. The van der Waals surface area contributed by atoms with E-state index in [9.17, 15) is 22.9 Å². The van der Waals surface area contributed by atoms with Crippen LogP contribution in [0.3, 0.4) is 0 Å². The van der Waals surface area contributed by atoms with Gasteiger partial charge < -0.3 is 10.4 Å². The van der Waals surface area contributed by atoms with Gasteiger partial charge in [0.05, 0.1) is 17.9 Å². The van der Waals surface area contributed by atoms with Crippen molar-refractivity contribution >= 4 is 16.0 Å². The van der Waals surface area contributed by atoms with Crippen LogP contribution in [-0.4, -0.2) is 41.9 Å². The molecule has 0 spiro atoms. The van der Waals surface area contributed by atoms with Crippen molar-refractivity contribution in [1.29, 1.82) is 0 Å². The Balaban J connectivity index is 3.80. The van der Waals surface area contributed by atoms with E-state index >= 15 is 0 Å². The number of nitrogens with one attached hydrogen (secondary N) is 1. The maximum atomic E-state index is 12.5. The second-order valence-electron chi connectivity index (χ2n) is 14.3. The summed E-state index contributed by atoms with van der Waals surface area (Å²) in [4.78, 5) is 12.5. The second kappa shape index (κ2) is 36.4. The molecule has 0 aromatic heterocycles. The van der Waals surface area contributed by atoms with Crippen LogP contribution in [0.25, 0.3) is 0 Å². The molecule has 0 saturated carbocycles. The Hall–Kier alpha value is -1.44. The second-order valence-corrected chi connectivity index (χ2v) is 15.8. The minimum absolute atomic E-state index is 0.288. The first kappa shape index (κ1) is 47.6. The van der Waals surface area contributed by atoms with Gasteiger partial charge in [-0.25, -0.2) is 0 Å². The topological polar surface area (TPSA) is 104 Å². The Labute approximate surface area is 304 Å². The molecule has 1 amide bonds. The molecule has 49 heavy (non-hydrogen) atoms. The third-order valence-corrected chi connectivity index (χ3v) is 10.1. The average molecular weight is 710 g/mol. The van der Waals surface area contributed by atoms with E-state index in [0.29, 0.717) is 6.42 Å². The lowest BCUT2D eigenvalue weighted by Gasteiger charge is -2.21. The van der Waals surface area contributed by atoms with Crippen molar-refractivity contribution in [2.45, 2.75) is 219 Å². The minimum Gasteiger partial charge on any atom is -0.387 e.